The quantitative estimate of drug-likeness (QED) is 0.682. The smallest absolute Gasteiger partial charge is 0.367 e. The fraction of sp³-hybridized carbons (Fsp3) is 0.118. The molecular weight excluding hydrogens is 296 g/mol. The van der Waals surface area contributed by atoms with E-state index in [-0.39, 0.29) is 0 Å². The van der Waals surface area contributed by atoms with Crippen LogP contribution in [0.4, 0.5) is 0 Å². The van der Waals surface area contributed by atoms with Gasteiger partial charge in [0.05, 0.1) is 12.3 Å². The highest BCUT2D eigenvalue weighted by Gasteiger charge is 2.13. The molecule has 0 saturated carbocycles. The predicted molar refractivity (Wildman–Crippen MR) is 88.7 cm³/mol. The van der Waals surface area contributed by atoms with Gasteiger partial charge in [0, 0.05) is 0 Å². The normalized spacial score (nSPS) is 11.1. The van der Waals surface area contributed by atoms with Gasteiger partial charge in [-0.25, -0.2) is 14.8 Å². The highest BCUT2D eigenvalue weighted by molar-refractivity contribution is 7.19. The maximum absolute atomic E-state index is 11.7. The summed E-state index contributed by atoms with van der Waals surface area (Å²) in [4.78, 5) is 21.2. The number of hydrogen-bond donors (Lipinski definition) is 0. The lowest BCUT2D eigenvalue weighted by molar-refractivity contribution is 0.0526. The first-order valence-electron chi connectivity index (χ1n) is 6.94. The van der Waals surface area contributed by atoms with Crippen molar-refractivity contribution in [3.8, 4) is 0 Å². The van der Waals surface area contributed by atoms with Crippen LogP contribution in [0.3, 0.4) is 0 Å². The topological polar surface area (TPSA) is 52.1 Å². The first kappa shape index (κ1) is 14.4. The van der Waals surface area contributed by atoms with Gasteiger partial charge in [0.15, 0.2) is 0 Å². The molecule has 3 rings (SSSR count). The van der Waals surface area contributed by atoms with Gasteiger partial charge in [-0.1, -0.05) is 47.7 Å². The predicted octanol–water partition coefficient (Wildman–Crippen LogP) is 4.04. The van der Waals surface area contributed by atoms with E-state index in [1.165, 1.54) is 11.3 Å². The van der Waals surface area contributed by atoms with Gasteiger partial charge in [-0.2, -0.15) is 0 Å². The molecule has 0 aliphatic heterocycles. The Morgan fingerprint density at radius 3 is 2.73 bits per heavy atom. The largest absolute Gasteiger partial charge is 0.461 e. The molecule has 0 radical (unpaired) electrons. The molecule has 1 aromatic carbocycles. The van der Waals surface area contributed by atoms with Crippen LogP contribution in [0.25, 0.3) is 22.5 Å². The third kappa shape index (κ3) is 3.20. The van der Waals surface area contributed by atoms with E-state index in [1.54, 1.807) is 6.92 Å². The maximum Gasteiger partial charge on any atom is 0.367 e. The van der Waals surface area contributed by atoms with Crippen LogP contribution in [0, 0.1) is 0 Å². The van der Waals surface area contributed by atoms with Crippen molar-refractivity contribution in [2.45, 2.75) is 6.92 Å². The van der Waals surface area contributed by atoms with Crippen molar-refractivity contribution < 1.29 is 9.53 Å². The van der Waals surface area contributed by atoms with E-state index in [9.17, 15) is 4.79 Å². The lowest BCUT2D eigenvalue weighted by atomic mass is 10.2. The fourth-order valence-electron chi connectivity index (χ4n) is 1.95. The Kier molecular flexibility index (Phi) is 4.25. The van der Waals surface area contributed by atoms with Crippen molar-refractivity contribution in [1.29, 1.82) is 0 Å². The molecule has 3 aromatic rings. The van der Waals surface area contributed by atoms with Crippen LogP contribution in [0.2, 0.25) is 0 Å². The highest BCUT2D eigenvalue weighted by Crippen LogP contribution is 2.21. The van der Waals surface area contributed by atoms with Crippen molar-refractivity contribution in [1.82, 2.24) is 9.97 Å². The molecule has 22 heavy (non-hydrogen) atoms. The van der Waals surface area contributed by atoms with Gasteiger partial charge in [0.25, 0.3) is 0 Å². The number of benzene rings is 1. The number of rotatable bonds is 4. The Bertz CT molecular complexity index is 825. The van der Waals surface area contributed by atoms with E-state index in [0.717, 1.165) is 16.1 Å². The maximum atomic E-state index is 11.7. The third-order valence-electron chi connectivity index (χ3n) is 2.97. The Morgan fingerprint density at radius 1 is 1.14 bits per heavy atom. The number of fused-ring (bicyclic) bond motifs is 1. The molecule has 0 bridgehead atoms. The van der Waals surface area contributed by atoms with Gasteiger partial charge in [0.1, 0.15) is 10.3 Å². The molecule has 0 unspecified atom stereocenters. The molecule has 0 amide bonds. The van der Waals surface area contributed by atoms with Gasteiger partial charge >= 0.3 is 5.97 Å². The van der Waals surface area contributed by atoms with Crippen LogP contribution >= 0.6 is 11.3 Å². The second kappa shape index (κ2) is 6.49. The van der Waals surface area contributed by atoms with Crippen molar-refractivity contribution in [3.63, 3.8) is 0 Å². The Hall–Kier alpha value is -2.53. The van der Waals surface area contributed by atoms with E-state index in [4.69, 9.17) is 4.74 Å². The molecule has 2 heterocycles. The summed E-state index contributed by atoms with van der Waals surface area (Å²) in [6.07, 6.45) is 3.94. The van der Waals surface area contributed by atoms with E-state index in [0.29, 0.717) is 17.1 Å². The molecule has 5 heteroatoms. The number of ether oxygens (including phenoxy) is 1. The molecule has 0 atom stereocenters. The van der Waals surface area contributed by atoms with Crippen molar-refractivity contribution in [3.05, 3.63) is 58.7 Å². The van der Waals surface area contributed by atoms with Crippen LogP contribution in [0.15, 0.2) is 42.5 Å². The highest BCUT2D eigenvalue weighted by atomic mass is 32.1. The molecule has 0 aliphatic rings. The number of carbonyl (C=O) groups is 1. The van der Waals surface area contributed by atoms with Gasteiger partial charge in [0.2, 0.25) is 5.01 Å². The summed E-state index contributed by atoms with van der Waals surface area (Å²) in [5.41, 5.74) is 2.65. The van der Waals surface area contributed by atoms with Crippen LogP contribution in [0.5, 0.6) is 0 Å². The third-order valence-corrected chi connectivity index (χ3v) is 3.92. The average molecular weight is 310 g/mol. The van der Waals surface area contributed by atoms with Crippen LogP contribution in [0.1, 0.15) is 28.0 Å². The number of thiazole rings is 1. The van der Waals surface area contributed by atoms with Gasteiger partial charge < -0.3 is 4.74 Å². The zero-order valence-electron chi connectivity index (χ0n) is 12.0. The molecule has 4 nitrogen and oxygen atoms in total. The summed E-state index contributed by atoms with van der Waals surface area (Å²) in [6, 6.07) is 13.8. The van der Waals surface area contributed by atoms with Crippen LogP contribution in [-0.4, -0.2) is 22.5 Å². The van der Waals surface area contributed by atoms with Crippen molar-refractivity contribution >= 4 is 39.8 Å². The van der Waals surface area contributed by atoms with Crippen LogP contribution in [-0.2, 0) is 4.74 Å². The van der Waals surface area contributed by atoms with Crippen molar-refractivity contribution in [2.24, 2.45) is 0 Å². The lowest BCUT2D eigenvalue weighted by Gasteiger charge is -1.94. The van der Waals surface area contributed by atoms with Gasteiger partial charge in [-0.3, -0.25) is 0 Å². The van der Waals surface area contributed by atoms with Gasteiger partial charge in [-0.05, 0) is 30.7 Å². The Labute approximate surface area is 132 Å². The first-order valence-corrected chi connectivity index (χ1v) is 7.76. The Balaban J connectivity index is 1.86. The SMILES string of the molecule is CCOC(=O)c1nc2ccc(C=Cc3ccccc3)nc2s1. The van der Waals surface area contributed by atoms with E-state index in [1.807, 2.05) is 54.6 Å². The molecule has 0 N–H and O–H groups in total. The van der Waals surface area contributed by atoms with Gasteiger partial charge in [-0.15, -0.1) is 0 Å². The molecule has 2 aromatic heterocycles. The summed E-state index contributed by atoms with van der Waals surface area (Å²) < 4.78 is 4.96. The second-order valence-corrected chi connectivity index (χ2v) is 5.52. The standard InChI is InChI=1S/C17H14N2O2S/c1-2-21-17(20)16-19-14-11-10-13(18-15(14)22-16)9-8-12-6-4-3-5-7-12/h3-11H,2H2,1H3. The fourth-order valence-corrected chi connectivity index (χ4v) is 2.79. The number of aromatic nitrogens is 2. The number of pyridine rings is 1. The molecule has 0 saturated heterocycles. The summed E-state index contributed by atoms with van der Waals surface area (Å²) >= 11 is 1.25. The second-order valence-electron chi connectivity index (χ2n) is 4.54. The number of hydrogen-bond acceptors (Lipinski definition) is 5. The van der Waals surface area contributed by atoms with Crippen molar-refractivity contribution in [2.75, 3.05) is 6.61 Å². The first-order chi connectivity index (χ1) is 10.8. The number of esters is 1. The van der Waals surface area contributed by atoms with Crippen LogP contribution < -0.4 is 0 Å². The minimum absolute atomic E-state index is 0.341. The zero-order valence-corrected chi connectivity index (χ0v) is 12.8. The molecule has 110 valence electrons. The molecular formula is C17H14N2O2S. The average Bonchev–Trinajstić information content (AvgIpc) is 2.97. The summed E-state index contributed by atoms with van der Waals surface area (Å²) in [5, 5.41) is 0.341. The number of nitrogens with zero attached hydrogens (tertiary/aromatic N) is 2. The summed E-state index contributed by atoms with van der Waals surface area (Å²) in [5.74, 6) is -0.396. The molecule has 0 fully saturated rings. The Morgan fingerprint density at radius 2 is 1.95 bits per heavy atom. The minimum atomic E-state index is -0.396. The molecule has 0 aliphatic carbocycles. The van der Waals surface area contributed by atoms with E-state index < -0.39 is 5.97 Å². The molecule has 0 spiro atoms. The van der Waals surface area contributed by atoms with E-state index in [2.05, 4.69) is 9.97 Å². The number of carbonyl (C=O) groups excluding carboxylic acids is 1. The summed E-state index contributed by atoms with van der Waals surface area (Å²) in [6.45, 7) is 2.11. The zero-order chi connectivity index (χ0) is 15.4. The summed E-state index contributed by atoms with van der Waals surface area (Å²) in [7, 11) is 0. The minimum Gasteiger partial charge on any atom is -0.461 e. The monoisotopic (exact) mass is 310 g/mol. The lowest BCUT2D eigenvalue weighted by Crippen LogP contribution is -2.03. The van der Waals surface area contributed by atoms with E-state index >= 15 is 0 Å².